The maximum atomic E-state index is 12.4. The Morgan fingerprint density at radius 1 is 1.19 bits per heavy atom. The summed E-state index contributed by atoms with van der Waals surface area (Å²) in [5.41, 5.74) is 4.77. The minimum Gasteiger partial charge on any atom is -0.324 e. The molecule has 1 heterocycles. The molecule has 0 unspecified atom stereocenters. The van der Waals surface area contributed by atoms with Crippen LogP contribution in [0, 0.1) is 20.8 Å². The van der Waals surface area contributed by atoms with E-state index in [0.717, 1.165) is 22.4 Å². The van der Waals surface area contributed by atoms with Crippen molar-refractivity contribution in [3.63, 3.8) is 0 Å². The predicted molar refractivity (Wildman–Crippen MR) is 106 cm³/mol. The van der Waals surface area contributed by atoms with E-state index in [4.69, 9.17) is 11.6 Å². The van der Waals surface area contributed by atoms with E-state index in [9.17, 15) is 4.79 Å². The van der Waals surface area contributed by atoms with Crippen LogP contribution < -0.4 is 5.32 Å². The molecule has 0 saturated heterocycles. The monoisotopic (exact) mass is 386 g/mol. The summed E-state index contributed by atoms with van der Waals surface area (Å²) < 4.78 is 1.89. The van der Waals surface area contributed by atoms with Crippen LogP contribution in [0.3, 0.4) is 0 Å². The van der Waals surface area contributed by atoms with Crippen LogP contribution in [0.25, 0.3) is 5.69 Å². The van der Waals surface area contributed by atoms with Crippen LogP contribution in [0.2, 0.25) is 5.02 Å². The molecule has 0 aliphatic rings. The molecule has 3 rings (SSSR count). The van der Waals surface area contributed by atoms with E-state index in [1.54, 1.807) is 6.33 Å². The number of carbonyl (C=O) groups excluding carboxylic acids is 1. The van der Waals surface area contributed by atoms with E-state index in [1.165, 1.54) is 11.8 Å². The number of para-hydroxylation sites is 1. The first kappa shape index (κ1) is 18.5. The average Bonchev–Trinajstić information content (AvgIpc) is 3.05. The number of thioether (sulfide) groups is 1. The third-order valence-corrected chi connectivity index (χ3v) is 5.16. The molecule has 134 valence electrons. The molecule has 0 saturated carbocycles. The lowest BCUT2D eigenvalue weighted by Crippen LogP contribution is -2.15. The van der Waals surface area contributed by atoms with Crippen molar-refractivity contribution in [1.82, 2.24) is 14.8 Å². The molecule has 7 heteroatoms. The number of aryl methyl sites for hydroxylation is 3. The molecule has 1 aromatic heterocycles. The Morgan fingerprint density at radius 3 is 2.69 bits per heavy atom. The van der Waals surface area contributed by atoms with Crippen molar-refractivity contribution in [3.8, 4) is 5.69 Å². The molecule has 0 aliphatic heterocycles. The van der Waals surface area contributed by atoms with Crippen molar-refractivity contribution in [3.05, 3.63) is 64.4 Å². The van der Waals surface area contributed by atoms with Gasteiger partial charge in [0.1, 0.15) is 6.33 Å². The smallest absolute Gasteiger partial charge is 0.234 e. The maximum Gasteiger partial charge on any atom is 0.234 e. The number of hydrogen-bond acceptors (Lipinski definition) is 4. The molecule has 0 radical (unpaired) electrons. The Kier molecular flexibility index (Phi) is 5.64. The number of amides is 1. The van der Waals surface area contributed by atoms with Crippen molar-refractivity contribution in [2.24, 2.45) is 0 Å². The maximum absolute atomic E-state index is 12.4. The first-order valence-corrected chi connectivity index (χ1v) is 9.47. The number of anilines is 1. The molecular formula is C19H19ClN4OS. The highest BCUT2D eigenvalue weighted by molar-refractivity contribution is 7.99. The van der Waals surface area contributed by atoms with E-state index in [1.807, 2.05) is 61.7 Å². The molecule has 1 N–H and O–H groups in total. The van der Waals surface area contributed by atoms with E-state index < -0.39 is 0 Å². The van der Waals surface area contributed by atoms with Crippen LogP contribution in [0.4, 0.5) is 5.69 Å². The zero-order valence-electron chi connectivity index (χ0n) is 14.8. The number of nitrogens with zero attached hydrogens (tertiary/aromatic N) is 3. The number of aromatic nitrogens is 3. The van der Waals surface area contributed by atoms with Gasteiger partial charge in [-0.2, -0.15) is 0 Å². The molecular weight excluding hydrogens is 368 g/mol. The number of halogens is 1. The van der Waals surface area contributed by atoms with Gasteiger partial charge >= 0.3 is 0 Å². The summed E-state index contributed by atoms with van der Waals surface area (Å²) in [4.78, 5) is 12.4. The Labute approximate surface area is 161 Å². The Balaban J connectivity index is 1.70. The van der Waals surface area contributed by atoms with Crippen molar-refractivity contribution < 1.29 is 4.79 Å². The number of rotatable bonds is 5. The minimum absolute atomic E-state index is 0.136. The van der Waals surface area contributed by atoms with Gasteiger partial charge in [-0.3, -0.25) is 9.36 Å². The first-order chi connectivity index (χ1) is 12.5. The molecule has 0 spiro atoms. The molecule has 3 aromatic rings. The second-order valence-electron chi connectivity index (χ2n) is 6.05. The highest BCUT2D eigenvalue weighted by Crippen LogP contribution is 2.28. The summed E-state index contributed by atoms with van der Waals surface area (Å²) in [6.45, 7) is 5.92. The minimum atomic E-state index is -0.136. The van der Waals surface area contributed by atoms with E-state index in [2.05, 4.69) is 15.5 Å². The first-order valence-electron chi connectivity index (χ1n) is 8.11. The van der Waals surface area contributed by atoms with Crippen LogP contribution in [0.15, 0.2) is 47.9 Å². The number of hydrogen-bond donors (Lipinski definition) is 1. The van der Waals surface area contributed by atoms with Gasteiger partial charge in [0.05, 0.1) is 22.2 Å². The SMILES string of the molecule is Cc1cc(C)c(NC(=O)CSc2nncn2-c2ccccc2C)c(Cl)c1. The van der Waals surface area contributed by atoms with Crippen LogP contribution in [-0.4, -0.2) is 26.4 Å². The number of nitrogens with one attached hydrogen (secondary N) is 1. The summed E-state index contributed by atoms with van der Waals surface area (Å²) in [6.07, 6.45) is 1.66. The summed E-state index contributed by atoms with van der Waals surface area (Å²) in [5.74, 6) is 0.0805. The van der Waals surface area contributed by atoms with Crippen LogP contribution in [-0.2, 0) is 4.79 Å². The van der Waals surface area contributed by atoms with Crippen molar-refractivity contribution in [2.45, 2.75) is 25.9 Å². The van der Waals surface area contributed by atoms with Gasteiger partial charge < -0.3 is 5.32 Å². The predicted octanol–water partition coefficient (Wildman–Crippen LogP) is 4.58. The number of benzene rings is 2. The van der Waals surface area contributed by atoms with Gasteiger partial charge in [0.25, 0.3) is 0 Å². The van der Waals surface area contributed by atoms with Gasteiger partial charge in [-0.15, -0.1) is 10.2 Å². The summed E-state index contributed by atoms with van der Waals surface area (Å²) >= 11 is 7.59. The zero-order chi connectivity index (χ0) is 18.7. The zero-order valence-corrected chi connectivity index (χ0v) is 16.4. The number of carbonyl (C=O) groups is 1. The molecule has 26 heavy (non-hydrogen) atoms. The molecule has 1 amide bonds. The van der Waals surface area contributed by atoms with Gasteiger partial charge in [-0.05, 0) is 49.6 Å². The lowest BCUT2D eigenvalue weighted by atomic mass is 10.1. The summed E-state index contributed by atoms with van der Waals surface area (Å²) in [6, 6.07) is 11.8. The fourth-order valence-electron chi connectivity index (χ4n) is 2.70. The lowest BCUT2D eigenvalue weighted by molar-refractivity contribution is -0.113. The van der Waals surface area contributed by atoms with Crippen molar-refractivity contribution in [1.29, 1.82) is 0 Å². The third-order valence-electron chi connectivity index (χ3n) is 3.92. The quantitative estimate of drug-likeness (QED) is 0.652. The second-order valence-corrected chi connectivity index (χ2v) is 7.40. The molecule has 2 aromatic carbocycles. The van der Waals surface area contributed by atoms with Crippen LogP contribution >= 0.6 is 23.4 Å². The highest BCUT2D eigenvalue weighted by atomic mass is 35.5. The average molecular weight is 387 g/mol. The third kappa shape index (κ3) is 4.08. The highest BCUT2D eigenvalue weighted by Gasteiger charge is 2.13. The standard InChI is InChI=1S/C19H19ClN4OS/c1-12-8-14(3)18(15(20)9-12)22-17(25)10-26-19-23-21-11-24(19)16-7-5-4-6-13(16)2/h4-9,11H,10H2,1-3H3,(H,22,25). The fraction of sp³-hybridized carbons (Fsp3) is 0.211. The Bertz CT molecular complexity index is 931. The lowest BCUT2D eigenvalue weighted by Gasteiger charge is -2.12. The topological polar surface area (TPSA) is 59.8 Å². The molecule has 0 atom stereocenters. The molecule has 5 nitrogen and oxygen atoms in total. The van der Waals surface area contributed by atoms with E-state index in [-0.39, 0.29) is 11.7 Å². The summed E-state index contributed by atoms with van der Waals surface area (Å²) in [5, 5.41) is 12.2. The normalized spacial score (nSPS) is 10.8. The van der Waals surface area contributed by atoms with Gasteiger partial charge in [-0.1, -0.05) is 47.6 Å². The van der Waals surface area contributed by atoms with Crippen LogP contribution in [0.1, 0.15) is 16.7 Å². The van der Waals surface area contributed by atoms with Crippen LogP contribution in [0.5, 0.6) is 0 Å². The van der Waals surface area contributed by atoms with Gasteiger partial charge in [0.2, 0.25) is 5.91 Å². The van der Waals surface area contributed by atoms with Crippen molar-refractivity contribution >= 4 is 35.0 Å². The van der Waals surface area contributed by atoms with Gasteiger partial charge in [0, 0.05) is 0 Å². The molecule has 0 bridgehead atoms. The Hall–Kier alpha value is -2.31. The van der Waals surface area contributed by atoms with E-state index in [0.29, 0.717) is 15.9 Å². The largest absolute Gasteiger partial charge is 0.324 e. The van der Waals surface area contributed by atoms with Gasteiger partial charge in [-0.25, -0.2) is 0 Å². The van der Waals surface area contributed by atoms with E-state index >= 15 is 0 Å². The van der Waals surface area contributed by atoms with Crippen molar-refractivity contribution in [2.75, 3.05) is 11.1 Å². The van der Waals surface area contributed by atoms with Gasteiger partial charge in [0.15, 0.2) is 5.16 Å². The summed E-state index contributed by atoms with van der Waals surface area (Å²) in [7, 11) is 0. The Morgan fingerprint density at radius 2 is 1.96 bits per heavy atom. The second kappa shape index (κ2) is 7.93. The molecule has 0 aliphatic carbocycles. The molecule has 0 fully saturated rings. The fourth-order valence-corrected chi connectivity index (χ4v) is 3.79.